The van der Waals surface area contributed by atoms with Gasteiger partial charge in [-0.25, -0.2) is 0 Å². The predicted molar refractivity (Wildman–Crippen MR) is 75.6 cm³/mol. The van der Waals surface area contributed by atoms with Crippen LogP contribution in [-0.4, -0.2) is 23.0 Å². The summed E-state index contributed by atoms with van der Waals surface area (Å²) in [5.41, 5.74) is 0. The van der Waals surface area contributed by atoms with Gasteiger partial charge in [0, 0.05) is 18.9 Å². The number of carbonyl (C=O) groups is 2. The van der Waals surface area contributed by atoms with Crippen LogP contribution in [0.1, 0.15) is 58.8 Å². The smallest absolute Gasteiger partial charge is 0.306 e. The molecule has 0 fully saturated rings. The molecule has 0 saturated heterocycles. The predicted octanol–water partition coefficient (Wildman–Crippen LogP) is 2.58. The standard InChI is InChI=1S/C15H25NO3/c1-4-5-6-7-11-14(17)16-13(3)10-8-9-12(2)15(18)19/h1,12-13H,5-11H2,2-3H3,(H,16,17)(H,18,19). The Morgan fingerprint density at radius 1 is 1.21 bits per heavy atom. The van der Waals surface area contributed by atoms with Crippen molar-refractivity contribution in [1.29, 1.82) is 0 Å². The Balaban J connectivity index is 3.62. The molecule has 4 heteroatoms. The number of terminal acetylenes is 1. The molecular weight excluding hydrogens is 242 g/mol. The molecule has 0 saturated carbocycles. The zero-order valence-corrected chi connectivity index (χ0v) is 11.9. The maximum Gasteiger partial charge on any atom is 0.306 e. The Kier molecular flexibility index (Phi) is 9.60. The molecule has 2 atom stereocenters. The van der Waals surface area contributed by atoms with Crippen LogP contribution in [0.2, 0.25) is 0 Å². The van der Waals surface area contributed by atoms with Gasteiger partial charge in [-0.1, -0.05) is 13.3 Å². The average molecular weight is 267 g/mol. The minimum absolute atomic E-state index is 0.0517. The van der Waals surface area contributed by atoms with Gasteiger partial charge in [0.25, 0.3) is 0 Å². The molecule has 0 rings (SSSR count). The van der Waals surface area contributed by atoms with E-state index in [9.17, 15) is 9.59 Å². The van der Waals surface area contributed by atoms with Crippen LogP contribution in [0.3, 0.4) is 0 Å². The number of unbranched alkanes of at least 4 members (excludes halogenated alkanes) is 2. The highest BCUT2D eigenvalue weighted by molar-refractivity contribution is 5.76. The first kappa shape index (κ1) is 17.5. The lowest BCUT2D eigenvalue weighted by atomic mass is 10.0. The number of carboxylic acid groups (broad SMARTS) is 1. The van der Waals surface area contributed by atoms with Crippen molar-refractivity contribution in [2.75, 3.05) is 0 Å². The summed E-state index contributed by atoms with van der Waals surface area (Å²) in [6.45, 7) is 3.65. The van der Waals surface area contributed by atoms with E-state index < -0.39 is 5.97 Å². The molecule has 0 bridgehead atoms. The number of amides is 1. The van der Waals surface area contributed by atoms with E-state index in [-0.39, 0.29) is 17.9 Å². The van der Waals surface area contributed by atoms with Crippen LogP contribution in [0, 0.1) is 18.3 Å². The minimum atomic E-state index is -0.759. The third-order valence-corrected chi connectivity index (χ3v) is 3.08. The van der Waals surface area contributed by atoms with Gasteiger partial charge < -0.3 is 10.4 Å². The van der Waals surface area contributed by atoms with Gasteiger partial charge in [0.15, 0.2) is 0 Å². The van der Waals surface area contributed by atoms with Crippen molar-refractivity contribution in [3.63, 3.8) is 0 Å². The number of carboxylic acids is 1. The van der Waals surface area contributed by atoms with Crippen molar-refractivity contribution in [3.05, 3.63) is 0 Å². The molecule has 0 heterocycles. The first-order valence-corrected chi connectivity index (χ1v) is 6.93. The number of hydrogen-bond donors (Lipinski definition) is 2. The molecule has 4 nitrogen and oxygen atoms in total. The second-order valence-electron chi connectivity index (χ2n) is 5.05. The highest BCUT2D eigenvalue weighted by atomic mass is 16.4. The topological polar surface area (TPSA) is 66.4 Å². The lowest BCUT2D eigenvalue weighted by molar-refractivity contribution is -0.141. The van der Waals surface area contributed by atoms with Gasteiger partial charge in [-0.05, 0) is 32.6 Å². The Morgan fingerprint density at radius 3 is 2.47 bits per heavy atom. The summed E-state index contributed by atoms with van der Waals surface area (Å²) in [6, 6.07) is 0.0983. The van der Waals surface area contributed by atoms with E-state index >= 15 is 0 Å². The van der Waals surface area contributed by atoms with Crippen molar-refractivity contribution >= 4 is 11.9 Å². The van der Waals surface area contributed by atoms with Crippen molar-refractivity contribution in [1.82, 2.24) is 5.32 Å². The largest absolute Gasteiger partial charge is 0.481 e. The van der Waals surface area contributed by atoms with E-state index in [1.165, 1.54) is 0 Å². The third kappa shape index (κ3) is 10.1. The van der Waals surface area contributed by atoms with Crippen LogP contribution < -0.4 is 5.32 Å². The number of aliphatic carboxylic acids is 1. The summed E-state index contributed by atoms with van der Waals surface area (Å²) in [4.78, 5) is 22.2. The van der Waals surface area contributed by atoms with Crippen LogP contribution in [-0.2, 0) is 9.59 Å². The molecule has 0 aliphatic rings. The molecule has 0 aromatic heterocycles. The minimum Gasteiger partial charge on any atom is -0.481 e. The Bertz CT molecular complexity index is 320. The summed E-state index contributed by atoms with van der Waals surface area (Å²) in [5, 5.41) is 11.7. The van der Waals surface area contributed by atoms with E-state index in [0.29, 0.717) is 12.8 Å². The molecule has 0 radical (unpaired) electrons. The second-order valence-corrected chi connectivity index (χ2v) is 5.05. The summed E-state index contributed by atoms with van der Waals surface area (Å²) in [7, 11) is 0. The number of rotatable bonds is 10. The maximum atomic E-state index is 11.6. The van der Waals surface area contributed by atoms with Gasteiger partial charge in [0.2, 0.25) is 5.91 Å². The zero-order chi connectivity index (χ0) is 14.7. The second kappa shape index (κ2) is 10.4. The maximum absolute atomic E-state index is 11.6. The Labute approximate surface area is 116 Å². The van der Waals surface area contributed by atoms with Gasteiger partial charge in [-0.15, -0.1) is 12.3 Å². The third-order valence-electron chi connectivity index (χ3n) is 3.08. The van der Waals surface area contributed by atoms with Crippen molar-refractivity contribution < 1.29 is 14.7 Å². The van der Waals surface area contributed by atoms with Gasteiger partial charge >= 0.3 is 5.97 Å². The fourth-order valence-electron chi connectivity index (χ4n) is 1.79. The van der Waals surface area contributed by atoms with E-state index in [0.717, 1.165) is 32.1 Å². The highest BCUT2D eigenvalue weighted by Gasteiger charge is 2.12. The first-order chi connectivity index (χ1) is 8.97. The molecule has 0 aromatic carbocycles. The van der Waals surface area contributed by atoms with Crippen molar-refractivity contribution in [3.8, 4) is 12.3 Å². The van der Waals surface area contributed by atoms with E-state index in [1.54, 1.807) is 6.92 Å². The molecule has 0 aliphatic heterocycles. The summed E-state index contributed by atoms with van der Waals surface area (Å²) >= 11 is 0. The summed E-state index contributed by atoms with van der Waals surface area (Å²) in [5.74, 6) is 1.53. The molecule has 1 amide bonds. The molecule has 2 unspecified atom stereocenters. The Hall–Kier alpha value is -1.50. The van der Waals surface area contributed by atoms with Crippen LogP contribution >= 0.6 is 0 Å². The lowest BCUT2D eigenvalue weighted by Crippen LogP contribution is -2.32. The van der Waals surface area contributed by atoms with Crippen molar-refractivity contribution in [2.24, 2.45) is 5.92 Å². The quantitative estimate of drug-likeness (QED) is 0.472. The van der Waals surface area contributed by atoms with E-state index in [2.05, 4.69) is 11.2 Å². The zero-order valence-electron chi connectivity index (χ0n) is 11.9. The monoisotopic (exact) mass is 267 g/mol. The number of carbonyl (C=O) groups excluding carboxylic acids is 1. The van der Waals surface area contributed by atoms with Gasteiger partial charge in [-0.2, -0.15) is 0 Å². The molecule has 2 N–H and O–H groups in total. The van der Waals surface area contributed by atoms with Gasteiger partial charge in [-0.3, -0.25) is 9.59 Å². The normalized spacial score (nSPS) is 13.3. The molecule has 0 spiro atoms. The van der Waals surface area contributed by atoms with Gasteiger partial charge in [0.1, 0.15) is 0 Å². The lowest BCUT2D eigenvalue weighted by Gasteiger charge is -2.14. The molecule has 0 aliphatic carbocycles. The summed E-state index contributed by atoms with van der Waals surface area (Å²) < 4.78 is 0. The highest BCUT2D eigenvalue weighted by Crippen LogP contribution is 2.10. The van der Waals surface area contributed by atoms with Crippen LogP contribution in [0.4, 0.5) is 0 Å². The van der Waals surface area contributed by atoms with Crippen LogP contribution in [0.5, 0.6) is 0 Å². The van der Waals surface area contributed by atoms with Crippen molar-refractivity contribution in [2.45, 2.75) is 64.8 Å². The molecule has 0 aromatic rings. The molecular formula is C15H25NO3. The van der Waals surface area contributed by atoms with Crippen LogP contribution in [0.15, 0.2) is 0 Å². The van der Waals surface area contributed by atoms with Crippen LogP contribution in [0.25, 0.3) is 0 Å². The average Bonchev–Trinajstić information content (AvgIpc) is 2.34. The number of hydrogen-bond acceptors (Lipinski definition) is 2. The fraction of sp³-hybridized carbons (Fsp3) is 0.733. The fourth-order valence-corrected chi connectivity index (χ4v) is 1.79. The first-order valence-electron chi connectivity index (χ1n) is 6.93. The Morgan fingerprint density at radius 2 is 1.89 bits per heavy atom. The molecule has 19 heavy (non-hydrogen) atoms. The SMILES string of the molecule is C#CCCCCC(=O)NC(C)CCCC(C)C(=O)O. The molecule has 108 valence electrons. The summed E-state index contributed by atoms with van der Waals surface area (Å²) in [6.07, 6.45) is 10.3. The van der Waals surface area contributed by atoms with Gasteiger partial charge in [0.05, 0.1) is 5.92 Å². The van der Waals surface area contributed by atoms with E-state index in [1.807, 2.05) is 6.92 Å². The number of nitrogens with one attached hydrogen (secondary N) is 1. The van der Waals surface area contributed by atoms with E-state index in [4.69, 9.17) is 11.5 Å².